The van der Waals surface area contributed by atoms with Crippen LogP contribution in [0.15, 0.2) is 12.3 Å². The lowest BCUT2D eigenvalue weighted by molar-refractivity contribution is -0.113. The number of hydrogen-bond acceptors (Lipinski definition) is 17. The summed E-state index contributed by atoms with van der Waals surface area (Å²) in [6, 6.07) is 0. The number of methoxy groups -OCH3 is 2. The molecule has 0 saturated carbocycles. The highest BCUT2D eigenvalue weighted by atomic mass is 31.2. The third-order valence-corrected chi connectivity index (χ3v) is 6.65. The molecule has 44 heavy (non-hydrogen) atoms. The highest BCUT2D eigenvalue weighted by molar-refractivity contribution is 7.48. The van der Waals surface area contributed by atoms with Crippen molar-refractivity contribution < 1.29 is 79.5 Å². The Balaban J connectivity index is 2.68. The van der Waals surface area contributed by atoms with Crippen molar-refractivity contribution >= 4 is 26.0 Å². The number of ether oxygens (including phenoxy) is 9. The van der Waals surface area contributed by atoms with Gasteiger partial charge in [-0.3, -0.25) is 9.32 Å². The Morgan fingerprint density at radius 1 is 0.886 bits per heavy atom. The molecule has 1 rings (SSSR count). The SMILES string of the molecule is COCCOCCOC(=O)OCOP(=O)(OCOC(=O)OCCOCCOC)OC[C@]1(CF)C[C@H](C)[C@H](N/C=C\C(N)=O)O1. The van der Waals surface area contributed by atoms with E-state index < -0.39 is 64.7 Å². The van der Waals surface area contributed by atoms with Gasteiger partial charge in [-0.2, -0.15) is 0 Å². The highest BCUT2D eigenvalue weighted by Crippen LogP contribution is 2.51. The van der Waals surface area contributed by atoms with E-state index in [0.717, 1.165) is 6.08 Å². The van der Waals surface area contributed by atoms with Crippen LogP contribution in [0.1, 0.15) is 13.3 Å². The molecule has 20 heteroatoms. The van der Waals surface area contributed by atoms with E-state index >= 15 is 0 Å². The van der Waals surface area contributed by atoms with Crippen LogP contribution < -0.4 is 11.1 Å². The first-order valence-electron chi connectivity index (χ1n) is 13.3. The maximum atomic E-state index is 14.2. The summed E-state index contributed by atoms with van der Waals surface area (Å²) in [7, 11) is -1.68. The molecule has 0 aromatic carbocycles. The molecule has 3 N–H and O–H groups in total. The minimum Gasteiger partial charge on any atom is -0.432 e. The topological polar surface area (TPSA) is 217 Å². The van der Waals surface area contributed by atoms with E-state index in [9.17, 15) is 23.3 Å². The van der Waals surface area contributed by atoms with Crippen molar-refractivity contribution in [1.29, 1.82) is 0 Å². The molecule has 0 aromatic heterocycles. The second-order valence-electron chi connectivity index (χ2n) is 8.85. The van der Waals surface area contributed by atoms with Crippen LogP contribution in [0.5, 0.6) is 0 Å². The predicted octanol–water partition coefficient (Wildman–Crippen LogP) is 1.37. The maximum absolute atomic E-state index is 14.2. The van der Waals surface area contributed by atoms with Gasteiger partial charge in [-0.05, 0) is 6.42 Å². The zero-order chi connectivity index (χ0) is 32.7. The average Bonchev–Trinajstić information content (AvgIpc) is 3.31. The molecular formula is C24H42FN2O16P. The van der Waals surface area contributed by atoms with Crippen molar-refractivity contribution in [3.63, 3.8) is 0 Å². The summed E-state index contributed by atoms with van der Waals surface area (Å²) in [5.41, 5.74) is 3.45. The van der Waals surface area contributed by atoms with Gasteiger partial charge in [-0.15, -0.1) is 0 Å². The van der Waals surface area contributed by atoms with Gasteiger partial charge in [0, 0.05) is 32.4 Å². The molecule has 1 amide bonds. The predicted molar refractivity (Wildman–Crippen MR) is 145 cm³/mol. The maximum Gasteiger partial charge on any atom is 0.510 e. The standard InChI is InChI=1S/C24H42FN2O16P/c1-19-14-24(15-25,43-21(19)27-5-4-20(26)28)16-40-44(31,41-17-38-22(29)36-12-10-34-8-6-32-2)42-18-39-23(30)37-13-11-35-9-7-33-3/h4-5,19,21,27H,6-18H2,1-3H3,(H2,26,28)/b5-4-/t19-,21+,24+/m0/s1. The number of carbonyl (C=O) groups excluding carboxylic acids is 3. The molecule has 1 aliphatic heterocycles. The fraction of sp³-hybridized carbons (Fsp3) is 0.792. The van der Waals surface area contributed by atoms with Gasteiger partial charge in [0.15, 0.2) is 0 Å². The molecule has 1 heterocycles. The Morgan fingerprint density at radius 3 is 1.89 bits per heavy atom. The van der Waals surface area contributed by atoms with E-state index in [1.54, 1.807) is 6.92 Å². The Bertz CT molecular complexity index is 877. The number of carbonyl (C=O) groups is 3. The van der Waals surface area contributed by atoms with Gasteiger partial charge >= 0.3 is 20.1 Å². The van der Waals surface area contributed by atoms with Gasteiger partial charge in [-0.1, -0.05) is 6.92 Å². The average molecular weight is 665 g/mol. The van der Waals surface area contributed by atoms with Crippen molar-refractivity contribution in [2.45, 2.75) is 25.2 Å². The molecule has 0 spiro atoms. The van der Waals surface area contributed by atoms with Gasteiger partial charge in [0.25, 0.3) is 0 Å². The number of rotatable bonds is 25. The largest absolute Gasteiger partial charge is 0.510 e. The normalized spacial score (nSPS) is 20.0. The Morgan fingerprint density at radius 2 is 1.41 bits per heavy atom. The number of amides is 1. The van der Waals surface area contributed by atoms with Crippen molar-refractivity contribution in [3.8, 4) is 0 Å². The molecule has 0 unspecified atom stereocenters. The summed E-state index contributed by atoms with van der Waals surface area (Å²) in [6.45, 7) is -0.836. The molecule has 0 aliphatic carbocycles. The molecule has 3 atom stereocenters. The van der Waals surface area contributed by atoms with Crippen LogP contribution in [-0.4, -0.2) is 124 Å². The first-order chi connectivity index (χ1) is 21.1. The Labute approximate surface area is 254 Å². The molecule has 1 fully saturated rings. The van der Waals surface area contributed by atoms with E-state index in [0.29, 0.717) is 13.2 Å². The third kappa shape index (κ3) is 17.6. The molecule has 0 bridgehead atoms. The number of nitrogens with two attached hydrogens (primary N) is 1. The summed E-state index contributed by atoms with van der Waals surface area (Å²) in [6.07, 6.45) is -0.733. The van der Waals surface area contributed by atoms with Crippen LogP contribution in [-0.2, 0) is 65.6 Å². The number of hydrogen-bond donors (Lipinski definition) is 2. The zero-order valence-corrected chi connectivity index (χ0v) is 25.8. The van der Waals surface area contributed by atoms with E-state index in [1.165, 1.54) is 20.4 Å². The number of phosphoric ester groups is 1. The lowest BCUT2D eigenvalue weighted by Crippen LogP contribution is -2.39. The van der Waals surface area contributed by atoms with Crippen LogP contribution >= 0.6 is 7.82 Å². The van der Waals surface area contributed by atoms with E-state index in [-0.39, 0.29) is 52.0 Å². The molecule has 18 nitrogen and oxygen atoms in total. The molecule has 0 aromatic rings. The fourth-order valence-corrected chi connectivity index (χ4v) is 4.28. The lowest BCUT2D eigenvalue weighted by atomic mass is 9.96. The lowest BCUT2D eigenvalue weighted by Gasteiger charge is -2.27. The Kier molecular flexibility index (Phi) is 20.5. The number of halogens is 1. The van der Waals surface area contributed by atoms with Crippen LogP contribution in [0, 0.1) is 5.92 Å². The molecule has 1 aliphatic rings. The first-order valence-corrected chi connectivity index (χ1v) is 14.8. The van der Waals surface area contributed by atoms with E-state index in [2.05, 4.69) is 5.32 Å². The molecule has 1 saturated heterocycles. The van der Waals surface area contributed by atoms with Crippen molar-refractivity contribution in [3.05, 3.63) is 12.3 Å². The van der Waals surface area contributed by atoms with Gasteiger partial charge in [0.1, 0.15) is 31.7 Å². The van der Waals surface area contributed by atoms with Crippen LogP contribution in [0.25, 0.3) is 0 Å². The second-order valence-corrected chi connectivity index (χ2v) is 10.5. The number of nitrogens with one attached hydrogen (secondary N) is 1. The van der Waals surface area contributed by atoms with E-state index in [1.807, 2.05) is 0 Å². The summed E-state index contributed by atoms with van der Waals surface area (Å²) < 4.78 is 87.3. The molecule has 0 radical (unpaired) electrons. The van der Waals surface area contributed by atoms with Crippen molar-refractivity contribution in [1.82, 2.24) is 5.32 Å². The van der Waals surface area contributed by atoms with Gasteiger partial charge < -0.3 is 53.7 Å². The third-order valence-electron chi connectivity index (χ3n) is 5.36. The van der Waals surface area contributed by atoms with Crippen molar-refractivity contribution in [2.75, 3.05) is 93.9 Å². The van der Waals surface area contributed by atoms with Crippen molar-refractivity contribution in [2.24, 2.45) is 11.7 Å². The number of alkyl halides is 1. The smallest absolute Gasteiger partial charge is 0.432 e. The fourth-order valence-electron chi connectivity index (χ4n) is 3.29. The minimum absolute atomic E-state index is 0.0641. The van der Waals surface area contributed by atoms with Gasteiger partial charge in [0.2, 0.25) is 19.5 Å². The quantitative estimate of drug-likeness (QED) is 0.0463. The molecule has 256 valence electrons. The summed E-state index contributed by atoms with van der Waals surface area (Å²) in [4.78, 5) is 34.5. The monoisotopic (exact) mass is 664 g/mol. The first kappa shape index (κ1) is 39.4. The molecular weight excluding hydrogens is 622 g/mol. The summed E-state index contributed by atoms with van der Waals surface area (Å²) in [5, 5.41) is 2.77. The van der Waals surface area contributed by atoms with Crippen LogP contribution in [0.3, 0.4) is 0 Å². The summed E-state index contributed by atoms with van der Waals surface area (Å²) >= 11 is 0. The van der Waals surface area contributed by atoms with Crippen LogP contribution in [0.4, 0.5) is 14.0 Å². The van der Waals surface area contributed by atoms with Crippen LogP contribution in [0.2, 0.25) is 0 Å². The Hall–Kier alpha value is -2.61. The highest BCUT2D eigenvalue weighted by Gasteiger charge is 2.47. The number of phosphoric acid groups is 1. The number of primary amides is 1. The zero-order valence-electron chi connectivity index (χ0n) is 24.9. The van der Waals surface area contributed by atoms with Gasteiger partial charge in [0.05, 0.1) is 46.2 Å². The van der Waals surface area contributed by atoms with Gasteiger partial charge in [-0.25, -0.2) is 27.6 Å². The second kappa shape index (κ2) is 22.8. The summed E-state index contributed by atoms with van der Waals surface area (Å²) in [5.74, 6) is -0.997. The minimum atomic E-state index is -4.69. The van der Waals surface area contributed by atoms with E-state index in [4.69, 9.17) is 61.9 Å².